The fraction of sp³-hybridized carbons (Fsp3) is 0.148. The van der Waals surface area contributed by atoms with Crippen LogP contribution in [0.1, 0.15) is 18.2 Å². The van der Waals surface area contributed by atoms with Crippen molar-refractivity contribution in [3.05, 3.63) is 96.2 Å². The van der Waals surface area contributed by atoms with E-state index >= 15 is 0 Å². The first kappa shape index (κ1) is 25.0. The van der Waals surface area contributed by atoms with Crippen molar-refractivity contribution in [1.82, 2.24) is 0 Å². The van der Waals surface area contributed by atoms with Crippen LogP contribution >= 0.6 is 0 Å². The summed E-state index contributed by atoms with van der Waals surface area (Å²) in [7, 11) is -0.777. The summed E-state index contributed by atoms with van der Waals surface area (Å²) in [5, 5.41) is 1.25. The molecule has 0 fully saturated rings. The van der Waals surface area contributed by atoms with Gasteiger partial charge in [0.05, 0.1) is 18.6 Å². The van der Waals surface area contributed by atoms with E-state index in [9.17, 15) is 13.0 Å². The van der Waals surface area contributed by atoms with Gasteiger partial charge in [0.2, 0.25) is 11.2 Å². The van der Waals surface area contributed by atoms with Gasteiger partial charge in [-0.3, -0.25) is 0 Å². The average Bonchev–Trinajstić information content (AvgIpc) is 2.85. The van der Waals surface area contributed by atoms with Gasteiger partial charge in [-0.1, -0.05) is 24.3 Å². The molecular weight excluding hydrogens is 450 g/mol. The second kappa shape index (κ2) is 11.4. The Morgan fingerprint density at radius 3 is 2.12 bits per heavy atom. The zero-order valence-electron chi connectivity index (χ0n) is 19.3. The van der Waals surface area contributed by atoms with Crippen molar-refractivity contribution in [2.45, 2.75) is 11.8 Å². The first-order valence-corrected chi connectivity index (χ1v) is 12.1. The van der Waals surface area contributed by atoms with Gasteiger partial charge in [-0.05, 0) is 67.1 Å². The summed E-state index contributed by atoms with van der Waals surface area (Å²) >= 11 is 0. The summed E-state index contributed by atoms with van der Waals surface area (Å²) < 4.78 is 43.8. The zero-order chi connectivity index (χ0) is 24.6. The Bertz CT molecular complexity index is 1360. The quantitative estimate of drug-likeness (QED) is 0.293. The van der Waals surface area contributed by atoms with Crippen molar-refractivity contribution < 1.29 is 27.0 Å². The second-order valence-corrected chi connectivity index (χ2v) is 8.72. The highest BCUT2D eigenvalue weighted by Crippen LogP contribution is 2.16. The first-order chi connectivity index (χ1) is 16.3. The summed E-state index contributed by atoms with van der Waals surface area (Å²) in [5.74, 6) is 1.43. The molecule has 0 aliphatic heterocycles. The van der Waals surface area contributed by atoms with Gasteiger partial charge in [-0.25, -0.2) is 8.42 Å². The zero-order valence-corrected chi connectivity index (χ0v) is 20.2. The fourth-order valence-electron chi connectivity index (χ4n) is 3.29. The highest BCUT2D eigenvalue weighted by atomic mass is 32.2. The highest BCUT2D eigenvalue weighted by molar-refractivity contribution is 7.85. The number of aromatic nitrogens is 1. The van der Waals surface area contributed by atoms with Crippen molar-refractivity contribution in [3.63, 3.8) is 0 Å². The van der Waals surface area contributed by atoms with E-state index in [1.165, 1.54) is 48.0 Å². The second-order valence-electron chi connectivity index (χ2n) is 7.34. The van der Waals surface area contributed by atoms with Crippen LogP contribution in [0.25, 0.3) is 23.1 Å². The smallest absolute Gasteiger partial charge is 0.212 e. The van der Waals surface area contributed by atoms with E-state index in [-0.39, 0.29) is 4.90 Å². The molecule has 6 nitrogen and oxygen atoms in total. The number of hydrogen-bond donors (Lipinski definition) is 0. The largest absolute Gasteiger partial charge is 0.744 e. The van der Waals surface area contributed by atoms with Gasteiger partial charge >= 0.3 is 0 Å². The molecule has 1 heterocycles. The van der Waals surface area contributed by atoms with Gasteiger partial charge in [0.15, 0.2) is 0 Å². The molecule has 34 heavy (non-hydrogen) atoms. The number of ether oxygens (including phenoxy) is 2. The van der Waals surface area contributed by atoms with Gasteiger partial charge in [0.25, 0.3) is 0 Å². The lowest BCUT2D eigenvalue weighted by atomic mass is 10.1. The van der Waals surface area contributed by atoms with Crippen LogP contribution in [0.4, 0.5) is 0 Å². The van der Waals surface area contributed by atoms with Crippen LogP contribution in [-0.2, 0) is 17.2 Å². The molecule has 4 aromatic rings. The SMILES string of the molecule is CCOc1ccc(/C=C/c2ccc3ccccc3[n+]2C)cc1.COc1ccc(S(=O)(=O)[O-])cc1. The number of pyridine rings is 1. The Balaban J connectivity index is 0.000000229. The Hall–Kier alpha value is -3.68. The Kier molecular flexibility index (Phi) is 8.40. The lowest BCUT2D eigenvalue weighted by Crippen LogP contribution is -2.32. The molecule has 0 spiro atoms. The summed E-state index contributed by atoms with van der Waals surface area (Å²) in [6.07, 6.45) is 4.27. The number of fused-ring (bicyclic) bond motifs is 1. The van der Waals surface area contributed by atoms with Crippen molar-refractivity contribution in [1.29, 1.82) is 0 Å². The molecule has 0 saturated heterocycles. The molecule has 7 heteroatoms. The van der Waals surface area contributed by atoms with Crippen molar-refractivity contribution in [3.8, 4) is 11.5 Å². The summed E-state index contributed by atoms with van der Waals surface area (Å²) in [6.45, 7) is 2.69. The predicted molar refractivity (Wildman–Crippen MR) is 133 cm³/mol. The maximum atomic E-state index is 10.4. The molecular formula is C27H27NO5S. The van der Waals surface area contributed by atoms with Crippen LogP contribution in [0.15, 0.2) is 89.8 Å². The van der Waals surface area contributed by atoms with E-state index in [1.807, 2.05) is 19.1 Å². The van der Waals surface area contributed by atoms with Crippen molar-refractivity contribution in [2.24, 2.45) is 7.05 Å². The molecule has 0 unspecified atom stereocenters. The van der Waals surface area contributed by atoms with Crippen LogP contribution in [0.2, 0.25) is 0 Å². The standard InChI is InChI=1S/C20H20NO.C7H8O4S/c1-3-22-19-14-9-16(10-15-19)8-12-18-13-11-17-6-4-5-7-20(17)21(18)2;1-11-6-2-4-7(5-3-6)12(8,9)10/h4-15H,3H2,1-2H3;2-5H,1H3,(H,8,9,10)/q+1;/p-1/b12-8+;. The third-order valence-corrected chi connectivity index (χ3v) is 5.95. The highest BCUT2D eigenvalue weighted by Gasteiger charge is 2.08. The number of benzene rings is 3. The lowest BCUT2D eigenvalue weighted by molar-refractivity contribution is -0.646. The van der Waals surface area contributed by atoms with E-state index in [0.29, 0.717) is 12.4 Å². The molecule has 176 valence electrons. The maximum absolute atomic E-state index is 10.4. The van der Waals surface area contributed by atoms with Crippen LogP contribution in [0.5, 0.6) is 11.5 Å². The molecule has 3 aromatic carbocycles. The summed E-state index contributed by atoms with van der Waals surface area (Å²) in [5.41, 5.74) is 3.57. The molecule has 4 rings (SSSR count). The average molecular weight is 478 g/mol. The fourth-order valence-corrected chi connectivity index (χ4v) is 3.76. The van der Waals surface area contributed by atoms with E-state index < -0.39 is 10.1 Å². The van der Waals surface area contributed by atoms with E-state index in [1.54, 1.807) is 0 Å². The van der Waals surface area contributed by atoms with Gasteiger partial charge in [0, 0.05) is 23.6 Å². The van der Waals surface area contributed by atoms with Crippen molar-refractivity contribution in [2.75, 3.05) is 13.7 Å². The minimum atomic E-state index is -4.33. The molecule has 1 aromatic heterocycles. The summed E-state index contributed by atoms with van der Waals surface area (Å²) in [4.78, 5) is -0.247. The number of rotatable bonds is 6. The molecule has 0 bridgehead atoms. The van der Waals surface area contributed by atoms with Crippen LogP contribution in [-0.4, -0.2) is 26.7 Å². The number of para-hydroxylation sites is 1. The van der Waals surface area contributed by atoms with E-state index in [2.05, 4.69) is 72.3 Å². The van der Waals surface area contributed by atoms with Gasteiger partial charge in [0.1, 0.15) is 28.7 Å². The number of nitrogens with zero attached hydrogens (tertiary/aromatic N) is 1. The number of hydrogen-bond acceptors (Lipinski definition) is 5. The Morgan fingerprint density at radius 2 is 1.50 bits per heavy atom. The lowest BCUT2D eigenvalue weighted by Gasteiger charge is -2.06. The maximum Gasteiger partial charge on any atom is 0.212 e. The van der Waals surface area contributed by atoms with Crippen LogP contribution in [0, 0.1) is 0 Å². The topological polar surface area (TPSA) is 79.5 Å². The molecule has 0 radical (unpaired) electrons. The van der Waals surface area contributed by atoms with E-state index in [0.717, 1.165) is 11.3 Å². The van der Waals surface area contributed by atoms with Gasteiger partial charge in [-0.2, -0.15) is 4.57 Å². The molecule has 0 saturated carbocycles. The van der Waals surface area contributed by atoms with E-state index in [4.69, 9.17) is 9.47 Å². The van der Waals surface area contributed by atoms with Crippen LogP contribution in [0.3, 0.4) is 0 Å². The molecule has 0 atom stereocenters. The van der Waals surface area contributed by atoms with Crippen LogP contribution < -0.4 is 14.0 Å². The van der Waals surface area contributed by atoms with Crippen molar-refractivity contribution >= 4 is 33.2 Å². The molecule has 0 aliphatic rings. The Labute approximate surface area is 200 Å². The van der Waals surface area contributed by atoms with Gasteiger partial charge < -0.3 is 14.0 Å². The molecule has 0 amide bonds. The van der Waals surface area contributed by atoms with Gasteiger partial charge in [-0.15, -0.1) is 0 Å². The third kappa shape index (κ3) is 6.66. The predicted octanol–water partition coefficient (Wildman–Crippen LogP) is 4.83. The molecule has 0 aliphatic carbocycles. The first-order valence-electron chi connectivity index (χ1n) is 10.7. The Morgan fingerprint density at radius 1 is 0.853 bits per heavy atom. The normalized spacial score (nSPS) is 11.2. The number of methoxy groups -OCH3 is 1. The minimum absolute atomic E-state index is 0.247. The summed E-state index contributed by atoms with van der Waals surface area (Å²) in [6, 6.07) is 26.1. The minimum Gasteiger partial charge on any atom is -0.744 e. The number of aryl methyl sites for hydroxylation is 1. The third-order valence-electron chi connectivity index (χ3n) is 5.10. The monoisotopic (exact) mass is 477 g/mol. The molecule has 0 N–H and O–H groups in total.